The number of ketones is 1. The van der Waals surface area contributed by atoms with E-state index >= 15 is 0 Å². The third kappa shape index (κ3) is 14.4. The summed E-state index contributed by atoms with van der Waals surface area (Å²) in [4.78, 5) is 20.5. The number of aliphatic hydroxyl groups is 1. The number of allylic oxidation sites excluding steroid dienone is 2. The number of aromatic nitrogens is 2. The fourth-order valence-corrected chi connectivity index (χ4v) is 9.61. The number of alkyl halides is 2. The van der Waals surface area contributed by atoms with Crippen LogP contribution >= 0.6 is 0 Å². The standard InChI is InChI=1S/2C20H22NSi.C13H22F2O2.Ir/c2*1-14-10-15(2)12-17(11-14)20-19-7-6-18(22(3,4)5)13-16(19)8-9-21-20;1-4-9(5-2)11(16)8-12(17)10(6-3)7-13(14)15;/h2*6-11,13H,1-5H3;8-10,13,17H,4-7H2,1-3H3;/q2*-1;;/b;;12-8-;/i2*8D,9D;;. The Hall–Kier alpha value is -4.15. The van der Waals surface area contributed by atoms with Crippen LogP contribution in [0, 0.1) is 51.7 Å². The van der Waals surface area contributed by atoms with Gasteiger partial charge < -0.3 is 15.1 Å². The number of nitrogens with zero attached hydrogens (tertiary/aromatic N) is 2. The first-order chi connectivity index (χ1) is 30.3. The molecule has 1 radical (unpaired) electrons. The molecule has 0 fully saturated rings. The molecule has 4 nitrogen and oxygen atoms in total. The Labute approximate surface area is 391 Å². The van der Waals surface area contributed by atoms with Crippen molar-refractivity contribution in [3.05, 3.63) is 131 Å². The van der Waals surface area contributed by atoms with Crippen LogP contribution in [0.2, 0.25) is 39.3 Å². The predicted octanol–water partition coefficient (Wildman–Crippen LogP) is 13.8. The summed E-state index contributed by atoms with van der Waals surface area (Å²) in [7, 11) is -2.96. The van der Waals surface area contributed by atoms with Crippen molar-refractivity contribution in [3.63, 3.8) is 0 Å². The summed E-state index contributed by atoms with van der Waals surface area (Å²) in [5.41, 5.74) is 7.70. The molecule has 9 heteroatoms. The maximum atomic E-state index is 12.2. The molecule has 0 spiro atoms. The minimum atomic E-state index is -2.46. The van der Waals surface area contributed by atoms with Crippen molar-refractivity contribution in [2.75, 3.05) is 0 Å². The Bertz CT molecular complexity index is 2500. The average molecular weight is 1050 g/mol. The van der Waals surface area contributed by atoms with Crippen LogP contribution in [0.4, 0.5) is 8.78 Å². The Balaban J connectivity index is 0.000000266. The largest absolute Gasteiger partial charge is 0.512 e. The van der Waals surface area contributed by atoms with E-state index in [-0.39, 0.29) is 62.0 Å². The summed E-state index contributed by atoms with van der Waals surface area (Å²) in [6.45, 7) is 27.4. The summed E-state index contributed by atoms with van der Waals surface area (Å²) in [5.74, 6) is -1.11. The van der Waals surface area contributed by atoms with Gasteiger partial charge in [0.05, 0.1) is 27.4 Å². The van der Waals surface area contributed by atoms with Gasteiger partial charge in [-0.15, -0.1) is 69.8 Å². The van der Waals surface area contributed by atoms with Gasteiger partial charge in [0.2, 0.25) is 6.43 Å². The first-order valence-corrected chi connectivity index (χ1v) is 28.4. The van der Waals surface area contributed by atoms with Gasteiger partial charge in [-0.1, -0.05) is 135 Å². The van der Waals surface area contributed by atoms with E-state index in [1.807, 2.05) is 39.8 Å². The van der Waals surface area contributed by atoms with Gasteiger partial charge in [0.15, 0.2) is 5.78 Å². The third-order valence-electron chi connectivity index (χ3n) is 10.9. The molecule has 1 N–H and O–H groups in total. The second-order valence-corrected chi connectivity index (χ2v) is 28.3. The molecule has 333 valence electrons. The molecule has 0 aliphatic rings. The second-order valence-electron chi connectivity index (χ2n) is 18.1. The molecular weight excluding hydrogens is 983 g/mol. The maximum Gasteiger partial charge on any atom is 0.239 e. The molecule has 0 saturated carbocycles. The van der Waals surface area contributed by atoms with E-state index in [1.165, 1.54) is 10.4 Å². The van der Waals surface area contributed by atoms with E-state index in [9.17, 15) is 18.7 Å². The Kier molecular flexibility index (Phi) is 17.0. The molecular formula is C53H66F2IrN2O2Si2-2. The van der Waals surface area contributed by atoms with E-state index in [0.717, 1.165) is 72.4 Å². The van der Waals surface area contributed by atoms with Gasteiger partial charge in [-0.25, -0.2) is 8.78 Å². The number of hydrogen-bond donors (Lipinski definition) is 1. The van der Waals surface area contributed by atoms with Crippen LogP contribution in [0.3, 0.4) is 0 Å². The van der Waals surface area contributed by atoms with Crippen LogP contribution in [0.25, 0.3) is 44.1 Å². The second kappa shape index (κ2) is 23.0. The number of carbonyl (C=O) groups excluding carboxylic acids is 1. The molecule has 6 rings (SSSR count). The number of fused-ring (bicyclic) bond motifs is 2. The van der Waals surface area contributed by atoms with E-state index in [1.54, 1.807) is 6.92 Å². The minimum Gasteiger partial charge on any atom is -0.512 e. The molecule has 1 unspecified atom stereocenters. The van der Waals surface area contributed by atoms with Gasteiger partial charge >= 0.3 is 0 Å². The summed E-state index contributed by atoms with van der Waals surface area (Å²) < 4.78 is 57.3. The van der Waals surface area contributed by atoms with Crippen molar-refractivity contribution in [1.29, 1.82) is 0 Å². The molecule has 62 heavy (non-hydrogen) atoms. The fourth-order valence-electron chi connectivity index (χ4n) is 7.29. The number of aliphatic hydroxyl groups excluding tert-OH is 1. The topological polar surface area (TPSA) is 63.1 Å². The Morgan fingerprint density at radius 1 is 0.694 bits per heavy atom. The number of carbonyl (C=O) groups is 1. The van der Waals surface area contributed by atoms with E-state index < -0.39 is 34.9 Å². The summed E-state index contributed by atoms with van der Waals surface area (Å²) in [6, 6.07) is 28.0. The van der Waals surface area contributed by atoms with Crippen molar-refractivity contribution < 1.29 is 44.3 Å². The Morgan fingerprint density at radius 2 is 1.10 bits per heavy atom. The average Bonchev–Trinajstić information content (AvgIpc) is 3.21. The zero-order valence-corrected chi connectivity index (χ0v) is 43.1. The molecule has 0 saturated heterocycles. The van der Waals surface area contributed by atoms with Gasteiger partial charge in [-0.05, 0) is 64.3 Å². The zero-order chi connectivity index (χ0) is 48.7. The fraction of sp³-hybridized carbons (Fsp3) is 0.377. The third-order valence-corrected chi connectivity index (χ3v) is 14.9. The van der Waals surface area contributed by atoms with Crippen LogP contribution in [-0.2, 0) is 24.9 Å². The van der Waals surface area contributed by atoms with Crippen molar-refractivity contribution >= 4 is 53.8 Å². The van der Waals surface area contributed by atoms with E-state index in [2.05, 4.69) is 124 Å². The number of aryl methyl sites for hydroxylation is 4. The number of benzene rings is 4. The molecule has 0 amide bonds. The van der Waals surface area contributed by atoms with Crippen LogP contribution in [-0.4, -0.2) is 43.4 Å². The number of halogens is 2. The van der Waals surface area contributed by atoms with Crippen molar-refractivity contribution in [1.82, 2.24) is 9.97 Å². The quantitative estimate of drug-likeness (QED) is 0.0574. The molecule has 6 aromatic rings. The van der Waals surface area contributed by atoms with Gasteiger partial charge in [0.1, 0.15) is 0 Å². The van der Waals surface area contributed by atoms with Crippen molar-refractivity contribution in [2.24, 2.45) is 11.8 Å². The monoisotopic (exact) mass is 1050 g/mol. The molecule has 2 heterocycles. The van der Waals surface area contributed by atoms with Crippen LogP contribution in [0.5, 0.6) is 0 Å². The van der Waals surface area contributed by atoms with Gasteiger partial charge in [-0.2, -0.15) is 0 Å². The van der Waals surface area contributed by atoms with Crippen LogP contribution < -0.4 is 10.4 Å². The van der Waals surface area contributed by atoms with Crippen LogP contribution in [0.15, 0.2) is 96.9 Å². The molecule has 0 aliphatic carbocycles. The first-order valence-electron chi connectivity index (χ1n) is 23.4. The van der Waals surface area contributed by atoms with Gasteiger partial charge in [0.25, 0.3) is 0 Å². The SMILES string of the molecule is CCC(CC)C(=O)/C=C(\O)C(CC)CC(F)F.[2H]c1nc(-c2[c-]c(C)cc(C)c2)c2ccc([Si](C)(C)C)cc2c1[2H].[2H]c1nc(-c2[c-]c(C)cc(C)c2)c2ccc([Si](C)(C)C)cc2c1[2H].[Ir]. The Morgan fingerprint density at radius 3 is 1.44 bits per heavy atom. The first kappa shape index (κ1) is 45.9. The molecule has 2 aromatic heterocycles. The zero-order valence-electron chi connectivity index (χ0n) is 42.8. The number of hydrogen-bond acceptors (Lipinski definition) is 4. The normalized spacial score (nSPS) is 13.3. The van der Waals surface area contributed by atoms with Gasteiger partial charge in [-0.3, -0.25) is 4.79 Å². The van der Waals surface area contributed by atoms with E-state index in [4.69, 9.17) is 5.48 Å². The minimum absolute atomic E-state index is 0. The molecule has 4 aromatic carbocycles. The van der Waals surface area contributed by atoms with E-state index in [0.29, 0.717) is 19.3 Å². The van der Waals surface area contributed by atoms with Crippen LogP contribution in [0.1, 0.15) is 74.2 Å². The molecule has 0 bridgehead atoms. The number of pyridine rings is 2. The predicted molar refractivity (Wildman–Crippen MR) is 261 cm³/mol. The van der Waals surface area contributed by atoms with Crippen molar-refractivity contribution in [2.45, 2.75) is 120 Å². The molecule has 1 atom stereocenters. The maximum absolute atomic E-state index is 12.2. The smallest absolute Gasteiger partial charge is 0.239 e. The van der Waals surface area contributed by atoms with Gasteiger partial charge in [0, 0.05) is 56.8 Å². The summed E-state index contributed by atoms with van der Waals surface area (Å²) in [5, 5.41) is 15.8. The number of rotatable bonds is 12. The summed E-state index contributed by atoms with van der Waals surface area (Å²) >= 11 is 0. The van der Waals surface area contributed by atoms with Crippen molar-refractivity contribution in [3.8, 4) is 22.5 Å². The molecule has 0 aliphatic heterocycles. The summed E-state index contributed by atoms with van der Waals surface area (Å²) in [6.07, 6.45) is 0.135.